The average molecular weight is 418 g/mol. The molecule has 0 fully saturated rings. The second kappa shape index (κ2) is 10.5. The first-order valence-corrected chi connectivity index (χ1v) is 9.33. The third-order valence-electron chi connectivity index (χ3n) is 4.19. The summed E-state index contributed by atoms with van der Waals surface area (Å²) in [6.07, 6.45) is 0.0450. The quantitative estimate of drug-likeness (QED) is 0.503. The van der Waals surface area contributed by atoms with E-state index >= 15 is 0 Å². The van der Waals surface area contributed by atoms with Crippen molar-refractivity contribution in [1.29, 1.82) is 0 Å². The van der Waals surface area contributed by atoms with Gasteiger partial charge in [0.05, 0.1) is 19.9 Å². The molecular weight excluding hydrogens is 394 g/mol. The summed E-state index contributed by atoms with van der Waals surface area (Å²) in [5.41, 5.74) is 5.28. The SMILES string of the molecule is COc1ccc(/C(C)=N/NC(=O)CCC(=O)Nc2ccc(Cl)cc2C)c(OC)c1. The minimum absolute atomic E-state index is 0.00893. The Balaban J connectivity index is 1.89. The predicted molar refractivity (Wildman–Crippen MR) is 114 cm³/mol. The Morgan fingerprint density at radius 2 is 1.76 bits per heavy atom. The molecule has 0 aromatic heterocycles. The summed E-state index contributed by atoms with van der Waals surface area (Å²) in [5, 5.41) is 7.46. The van der Waals surface area contributed by atoms with E-state index in [1.54, 1.807) is 57.5 Å². The summed E-state index contributed by atoms with van der Waals surface area (Å²) in [6, 6.07) is 10.5. The van der Waals surface area contributed by atoms with E-state index in [1.165, 1.54) is 0 Å². The molecular formula is C21H24ClN3O4. The molecule has 7 nitrogen and oxygen atoms in total. The van der Waals surface area contributed by atoms with Gasteiger partial charge in [-0.3, -0.25) is 9.59 Å². The third kappa shape index (κ3) is 6.50. The van der Waals surface area contributed by atoms with Gasteiger partial charge in [-0.25, -0.2) is 5.43 Å². The van der Waals surface area contributed by atoms with Gasteiger partial charge < -0.3 is 14.8 Å². The van der Waals surface area contributed by atoms with Crippen LogP contribution in [0.4, 0.5) is 5.69 Å². The van der Waals surface area contributed by atoms with E-state index in [2.05, 4.69) is 15.8 Å². The first-order chi connectivity index (χ1) is 13.8. The van der Waals surface area contributed by atoms with Gasteiger partial charge in [-0.2, -0.15) is 5.10 Å². The molecule has 0 bridgehead atoms. The number of carbonyl (C=O) groups is 2. The summed E-state index contributed by atoms with van der Waals surface area (Å²) < 4.78 is 10.5. The predicted octanol–water partition coefficient (Wildman–Crippen LogP) is 3.92. The minimum Gasteiger partial charge on any atom is -0.497 e. The van der Waals surface area contributed by atoms with Crippen LogP contribution in [0.1, 0.15) is 30.9 Å². The van der Waals surface area contributed by atoms with Crippen molar-refractivity contribution in [2.45, 2.75) is 26.7 Å². The van der Waals surface area contributed by atoms with Crippen molar-refractivity contribution in [3.8, 4) is 11.5 Å². The first kappa shape index (κ1) is 22.2. The highest BCUT2D eigenvalue weighted by Gasteiger charge is 2.11. The van der Waals surface area contributed by atoms with E-state index < -0.39 is 0 Å². The van der Waals surface area contributed by atoms with Crippen LogP contribution in [0, 0.1) is 6.92 Å². The van der Waals surface area contributed by atoms with Crippen molar-refractivity contribution >= 4 is 34.8 Å². The lowest BCUT2D eigenvalue weighted by Crippen LogP contribution is -2.22. The van der Waals surface area contributed by atoms with E-state index in [4.69, 9.17) is 21.1 Å². The van der Waals surface area contributed by atoms with Crippen LogP contribution in [0.15, 0.2) is 41.5 Å². The number of carbonyl (C=O) groups excluding carboxylic acids is 2. The van der Waals surface area contributed by atoms with Crippen molar-refractivity contribution in [1.82, 2.24) is 5.43 Å². The first-order valence-electron chi connectivity index (χ1n) is 8.95. The number of nitrogens with one attached hydrogen (secondary N) is 2. The summed E-state index contributed by atoms with van der Waals surface area (Å²) in [4.78, 5) is 24.1. The van der Waals surface area contributed by atoms with Gasteiger partial charge in [-0.05, 0) is 49.7 Å². The number of anilines is 1. The second-order valence-corrected chi connectivity index (χ2v) is 6.74. The molecule has 8 heteroatoms. The third-order valence-corrected chi connectivity index (χ3v) is 4.42. The zero-order chi connectivity index (χ0) is 21.4. The number of aryl methyl sites for hydroxylation is 1. The molecule has 0 aliphatic heterocycles. The zero-order valence-electron chi connectivity index (χ0n) is 16.8. The lowest BCUT2D eigenvalue weighted by atomic mass is 10.1. The van der Waals surface area contributed by atoms with Crippen LogP contribution in [-0.2, 0) is 9.59 Å². The van der Waals surface area contributed by atoms with Gasteiger partial charge in [0.2, 0.25) is 11.8 Å². The maximum atomic E-state index is 12.1. The summed E-state index contributed by atoms with van der Waals surface area (Å²) in [5.74, 6) is 0.616. The zero-order valence-corrected chi connectivity index (χ0v) is 17.6. The number of ether oxygens (including phenoxy) is 2. The van der Waals surface area contributed by atoms with Crippen LogP contribution in [-0.4, -0.2) is 31.7 Å². The van der Waals surface area contributed by atoms with Crippen molar-refractivity contribution in [3.63, 3.8) is 0 Å². The number of hydrogen-bond acceptors (Lipinski definition) is 5. The molecule has 2 N–H and O–H groups in total. The van der Waals surface area contributed by atoms with Crippen molar-refractivity contribution in [2.24, 2.45) is 5.10 Å². The van der Waals surface area contributed by atoms with Crippen molar-refractivity contribution in [2.75, 3.05) is 19.5 Å². The molecule has 0 saturated heterocycles. The fraction of sp³-hybridized carbons (Fsp3) is 0.286. The Morgan fingerprint density at radius 3 is 2.41 bits per heavy atom. The van der Waals surface area contributed by atoms with Gasteiger partial charge in [0.15, 0.2) is 0 Å². The van der Waals surface area contributed by atoms with E-state index in [0.717, 1.165) is 11.1 Å². The summed E-state index contributed by atoms with van der Waals surface area (Å²) in [6.45, 7) is 3.60. The van der Waals surface area contributed by atoms with E-state index in [0.29, 0.717) is 27.9 Å². The Labute approximate surface area is 175 Å². The molecule has 0 aliphatic carbocycles. The number of hydrazone groups is 1. The molecule has 2 amide bonds. The highest BCUT2D eigenvalue weighted by molar-refractivity contribution is 6.30. The standard InChI is InChI=1S/C21H24ClN3O4/c1-13-11-15(22)5-8-18(13)23-20(26)9-10-21(27)25-24-14(2)17-7-6-16(28-3)12-19(17)29-4/h5-8,11-12H,9-10H2,1-4H3,(H,23,26)(H,25,27)/b24-14+. The van der Waals surface area contributed by atoms with E-state index in [1.807, 2.05) is 6.92 Å². The molecule has 0 saturated carbocycles. The number of methoxy groups -OCH3 is 2. The smallest absolute Gasteiger partial charge is 0.240 e. The minimum atomic E-state index is -0.361. The molecule has 0 spiro atoms. The summed E-state index contributed by atoms with van der Waals surface area (Å²) >= 11 is 5.90. The Bertz CT molecular complexity index is 928. The largest absolute Gasteiger partial charge is 0.497 e. The monoisotopic (exact) mass is 417 g/mol. The van der Waals surface area contributed by atoms with Crippen LogP contribution in [0.5, 0.6) is 11.5 Å². The Hall–Kier alpha value is -3.06. The average Bonchev–Trinajstić information content (AvgIpc) is 2.71. The maximum absolute atomic E-state index is 12.1. The second-order valence-electron chi connectivity index (χ2n) is 6.31. The highest BCUT2D eigenvalue weighted by Crippen LogP contribution is 2.25. The van der Waals surface area contributed by atoms with Crippen LogP contribution in [0.25, 0.3) is 0 Å². The fourth-order valence-electron chi connectivity index (χ4n) is 2.57. The molecule has 0 heterocycles. The van der Waals surface area contributed by atoms with Crippen molar-refractivity contribution in [3.05, 3.63) is 52.5 Å². The van der Waals surface area contributed by atoms with Gasteiger partial charge >= 0.3 is 0 Å². The Kier molecular flexibility index (Phi) is 8.03. The molecule has 0 atom stereocenters. The number of halogens is 1. The molecule has 0 unspecified atom stereocenters. The van der Waals surface area contributed by atoms with Gasteiger partial charge in [0.1, 0.15) is 11.5 Å². The fourth-order valence-corrected chi connectivity index (χ4v) is 2.79. The lowest BCUT2D eigenvalue weighted by molar-refractivity contribution is -0.124. The molecule has 2 aromatic rings. The number of amides is 2. The molecule has 154 valence electrons. The van der Waals surface area contributed by atoms with Crippen molar-refractivity contribution < 1.29 is 19.1 Å². The van der Waals surface area contributed by atoms with Gasteiger partial charge in [0, 0.05) is 35.2 Å². The summed E-state index contributed by atoms with van der Waals surface area (Å²) in [7, 11) is 3.12. The van der Waals surface area contributed by atoms with Gasteiger partial charge in [-0.1, -0.05) is 11.6 Å². The highest BCUT2D eigenvalue weighted by atomic mass is 35.5. The van der Waals surface area contributed by atoms with E-state index in [-0.39, 0.29) is 24.7 Å². The van der Waals surface area contributed by atoms with Crippen LogP contribution in [0.2, 0.25) is 5.02 Å². The molecule has 0 aliphatic rings. The van der Waals surface area contributed by atoms with Crippen LogP contribution < -0.4 is 20.2 Å². The number of rotatable bonds is 8. The van der Waals surface area contributed by atoms with Gasteiger partial charge in [-0.15, -0.1) is 0 Å². The molecule has 2 aromatic carbocycles. The molecule has 2 rings (SSSR count). The molecule has 29 heavy (non-hydrogen) atoms. The Morgan fingerprint density at radius 1 is 1.03 bits per heavy atom. The van der Waals surface area contributed by atoms with Crippen LogP contribution in [0.3, 0.4) is 0 Å². The topological polar surface area (TPSA) is 89.0 Å². The number of hydrogen-bond donors (Lipinski definition) is 2. The van der Waals surface area contributed by atoms with Gasteiger partial charge in [0.25, 0.3) is 0 Å². The molecule has 0 radical (unpaired) electrons. The van der Waals surface area contributed by atoms with Crippen LogP contribution >= 0.6 is 11.6 Å². The number of nitrogens with zero attached hydrogens (tertiary/aromatic N) is 1. The lowest BCUT2D eigenvalue weighted by Gasteiger charge is -2.10. The van der Waals surface area contributed by atoms with E-state index in [9.17, 15) is 9.59 Å². The number of benzene rings is 2. The maximum Gasteiger partial charge on any atom is 0.240 e. The normalized spacial score (nSPS) is 11.0.